The van der Waals surface area contributed by atoms with E-state index in [1.807, 2.05) is 30.3 Å². The summed E-state index contributed by atoms with van der Waals surface area (Å²) in [6, 6.07) is 10.1. The molecule has 0 aromatic heterocycles. The summed E-state index contributed by atoms with van der Waals surface area (Å²) in [5.74, 6) is -19.9. The molecule has 2 atom stereocenters. The van der Waals surface area contributed by atoms with Crippen molar-refractivity contribution in [3.8, 4) is 5.75 Å². The van der Waals surface area contributed by atoms with Gasteiger partial charge in [-0.2, -0.15) is 0 Å². The number of benzene rings is 1. The van der Waals surface area contributed by atoms with Crippen LogP contribution in [0.2, 0.25) is 0 Å². The Morgan fingerprint density at radius 1 is 0.532 bits per heavy atom. The average molecular weight is 675 g/mol. The van der Waals surface area contributed by atoms with Crippen molar-refractivity contribution in [3.05, 3.63) is 30.3 Å². The largest absolute Gasteiger partial charge is 0.494 e. The van der Waals surface area contributed by atoms with Gasteiger partial charge in [-0.3, -0.25) is 38.4 Å². The molecule has 17 nitrogen and oxygen atoms in total. The second-order valence-electron chi connectivity index (χ2n) is 9.97. The zero-order chi connectivity index (χ0) is 37.0. The molecule has 0 fully saturated rings. The highest BCUT2D eigenvalue weighted by atomic mass is 16.5. The zero-order valence-electron chi connectivity index (χ0n) is 26.2. The van der Waals surface area contributed by atoms with Gasteiger partial charge in [0.1, 0.15) is 5.75 Å². The van der Waals surface area contributed by atoms with Gasteiger partial charge in [-0.15, -0.1) is 0 Å². The molecule has 0 saturated heterocycles. The number of ether oxygens (including phenoxy) is 1. The number of hydrogen-bond acceptors (Lipinski definition) is 9. The molecule has 1 aromatic rings. The van der Waals surface area contributed by atoms with Crippen LogP contribution < -0.4 is 4.74 Å². The fourth-order valence-electron chi connectivity index (χ4n) is 4.36. The maximum atomic E-state index is 10.8. The standard InChI is InChI=1S/C14H22O.2C8H10O8/c1-2-3-4-5-6-10-13-15-14-11-8-7-9-12-14;2*1-2-3(4(9)10)8(5(11)12,6(13)14)7(15)16/h7-9,11-12H,2-6,10,13H2,1H3;2*3H,2H2,1H3,(H,9,10)(H,11,12)(H,13,14)(H,15,16). The van der Waals surface area contributed by atoms with Crippen LogP contribution in [0.3, 0.4) is 0 Å². The summed E-state index contributed by atoms with van der Waals surface area (Å²) >= 11 is 0. The third kappa shape index (κ3) is 11.9. The Morgan fingerprint density at radius 2 is 0.851 bits per heavy atom. The molecule has 47 heavy (non-hydrogen) atoms. The lowest BCUT2D eigenvalue weighted by Gasteiger charge is -2.25. The van der Waals surface area contributed by atoms with Gasteiger partial charge < -0.3 is 45.6 Å². The first-order valence-corrected chi connectivity index (χ1v) is 14.4. The lowest BCUT2D eigenvalue weighted by molar-refractivity contribution is -0.187. The quantitative estimate of drug-likeness (QED) is 0.0727. The van der Waals surface area contributed by atoms with Gasteiger partial charge in [0.05, 0.1) is 18.4 Å². The Morgan fingerprint density at radius 3 is 1.11 bits per heavy atom. The maximum absolute atomic E-state index is 10.8. The normalized spacial score (nSPS) is 12.0. The molecule has 1 rings (SSSR count). The summed E-state index contributed by atoms with van der Waals surface area (Å²) in [4.78, 5) is 86.1. The Bertz CT molecular complexity index is 1080. The second-order valence-corrected chi connectivity index (χ2v) is 9.97. The van der Waals surface area contributed by atoms with Crippen LogP contribution in [0.4, 0.5) is 0 Å². The molecule has 0 heterocycles. The minimum Gasteiger partial charge on any atom is -0.494 e. The lowest BCUT2D eigenvalue weighted by atomic mass is 9.74. The Hall–Kier alpha value is -5.22. The van der Waals surface area contributed by atoms with Crippen LogP contribution in [0.1, 0.15) is 72.1 Å². The minimum absolute atomic E-state index is 0.430. The molecule has 0 spiro atoms. The molecule has 0 saturated carbocycles. The molecule has 0 aliphatic rings. The molecule has 264 valence electrons. The number of para-hydroxylation sites is 1. The van der Waals surface area contributed by atoms with Crippen molar-refractivity contribution in [2.75, 3.05) is 6.61 Å². The van der Waals surface area contributed by atoms with Gasteiger partial charge in [-0.05, 0) is 31.4 Å². The number of carboxylic acids is 8. The molecule has 0 aliphatic carbocycles. The molecule has 17 heteroatoms. The summed E-state index contributed by atoms with van der Waals surface area (Å²) in [7, 11) is 0. The van der Waals surface area contributed by atoms with Crippen LogP contribution in [0.5, 0.6) is 5.75 Å². The first-order chi connectivity index (χ1) is 21.9. The van der Waals surface area contributed by atoms with Crippen molar-refractivity contribution in [1.82, 2.24) is 0 Å². The highest BCUT2D eigenvalue weighted by Gasteiger charge is 2.63. The number of rotatable bonds is 20. The van der Waals surface area contributed by atoms with E-state index in [1.54, 1.807) is 0 Å². The van der Waals surface area contributed by atoms with E-state index in [-0.39, 0.29) is 0 Å². The van der Waals surface area contributed by atoms with Crippen LogP contribution in [0.15, 0.2) is 30.3 Å². The van der Waals surface area contributed by atoms with E-state index in [2.05, 4.69) is 6.92 Å². The molecule has 2 unspecified atom stereocenters. The number of aliphatic carboxylic acids is 8. The Labute approximate surface area is 269 Å². The zero-order valence-corrected chi connectivity index (χ0v) is 26.2. The van der Waals surface area contributed by atoms with Crippen molar-refractivity contribution in [1.29, 1.82) is 0 Å². The predicted molar refractivity (Wildman–Crippen MR) is 159 cm³/mol. The van der Waals surface area contributed by atoms with Crippen LogP contribution in [-0.4, -0.2) is 95.2 Å². The van der Waals surface area contributed by atoms with Gasteiger partial charge in [-0.1, -0.05) is 71.1 Å². The maximum Gasteiger partial charge on any atom is 0.333 e. The molecule has 8 N–H and O–H groups in total. The monoisotopic (exact) mass is 674 g/mol. The molecular weight excluding hydrogens is 632 g/mol. The fraction of sp³-hybridized carbons (Fsp3) is 0.533. The number of carboxylic acid groups (broad SMARTS) is 8. The smallest absolute Gasteiger partial charge is 0.333 e. The number of unbranched alkanes of at least 4 members (excludes halogenated alkanes) is 5. The fourth-order valence-corrected chi connectivity index (χ4v) is 4.36. The van der Waals surface area contributed by atoms with E-state index in [1.165, 1.54) is 52.4 Å². The van der Waals surface area contributed by atoms with E-state index in [0.29, 0.717) is 0 Å². The molecule has 1 aromatic carbocycles. The van der Waals surface area contributed by atoms with Gasteiger partial charge in [0.15, 0.2) is 0 Å². The van der Waals surface area contributed by atoms with Crippen LogP contribution >= 0.6 is 0 Å². The van der Waals surface area contributed by atoms with Crippen molar-refractivity contribution < 1.29 is 83.9 Å². The summed E-state index contributed by atoms with van der Waals surface area (Å²) in [6.45, 7) is 5.50. The SMILES string of the molecule is CCC(C(=O)O)C(C(=O)O)(C(=O)O)C(=O)O.CCC(C(=O)O)C(C(=O)O)(C(=O)O)C(=O)O.CCCCCCCCOc1ccccc1. The minimum atomic E-state index is -3.36. The van der Waals surface area contributed by atoms with E-state index >= 15 is 0 Å². The van der Waals surface area contributed by atoms with Gasteiger partial charge in [-0.25, -0.2) is 0 Å². The topological polar surface area (TPSA) is 308 Å². The van der Waals surface area contributed by atoms with Gasteiger partial charge in [0.2, 0.25) is 0 Å². The summed E-state index contributed by atoms with van der Waals surface area (Å²) < 4.78 is 5.61. The van der Waals surface area contributed by atoms with Crippen LogP contribution in [0, 0.1) is 22.7 Å². The first-order valence-electron chi connectivity index (χ1n) is 14.4. The second kappa shape index (κ2) is 21.5. The van der Waals surface area contributed by atoms with E-state index < -0.39 is 83.3 Å². The van der Waals surface area contributed by atoms with Crippen molar-refractivity contribution in [2.24, 2.45) is 22.7 Å². The summed E-state index contributed by atoms with van der Waals surface area (Å²) in [5.41, 5.74) is -6.72. The van der Waals surface area contributed by atoms with E-state index in [0.717, 1.165) is 12.4 Å². The van der Waals surface area contributed by atoms with Gasteiger partial charge >= 0.3 is 47.8 Å². The first kappa shape index (κ1) is 43.9. The molecule has 0 radical (unpaired) electrons. The van der Waals surface area contributed by atoms with Gasteiger partial charge in [0, 0.05) is 0 Å². The van der Waals surface area contributed by atoms with Crippen molar-refractivity contribution in [3.63, 3.8) is 0 Å². The van der Waals surface area contributed by atoms with Crippen molar-refractivity contribution >= 4 is 47.8 Å². The molecule has 0 bridgehead atoms. The molecule has 0 aliphatic heterocycles. The molecule has 0 amide bonds. The van der Waals surface area contributed by atoms with Crippen LogP contribution in [0.25, 0.3) is 0 Å². The van der Waals surface area contributed by atoms with Crippen LogP contribution in [-0.2, 0) is 38.4 Å². The van der Waals surface area contributed by atoms with Gasteiger partial charge in [0.25, 0.3) is 10.8 Å². The lowest BCUT2D eigenvalue weighted by Crippen LogP contribution is -2.54. The molecular formula is C30H42O17. The average Bonchev–Trinajstić information content (AvgIpc) is 2.97. The number of carbonyl (C=O) groups is 8. The predicted octanol–water partition coefficient (Wildman–Crippen LogP) is 3.10. The highest BCUT2D eigenvalue weighted by molar-refractivity contribution is 6.19. The highest BCUT2D eigenvalue weighted by Crippen LogP contribution is 2.33. The number of hydrogen-bond donors (Lipinski definition) is 8. The third-order valence-corrected chi connectivity index (χ3v) is 6.99. The summed E-state index contributed by atoms with van der Waals surface area (Å²) in [6.07, 6.45) is 7.04. The van der Waals surface area contributed by atoms with Crippen molar-refractivity contribution in [2.45, 2.75) is 72.1 Å². The third-order valence-electron chi connectivity index (χ3n) is 6.99. The summed E-state index contributed by atoms with van der Waals surface area (Å²) in [5, 5.41) is 69.5. The Kier molecular flexibility index (Phi) is 20.1. The Balaban J connectivity index is 0. The van der Waals surface area contributed by atoms with E-state index in [9.17, 15) is 38.4 Å². The van der Waals surface area contributed by atoms with E-state index in [4.69, 9.17) is 45.6 Å².